The summed E-state index contributed by atoms with van der Waals surface area (Å²) in [6, 6.07) is 5.25. The summed E-state index contributed by atoms with van der Waals surface area (Å²) in [5, 5.41) is 4.26. The SMILES string of the molecule is CCn1ncc(C=CC(=O)c2ccc3c(c2)OCCO3)c1C. The number of carbonyl (C=O) groups is 1. The number of hydrogen-bond donors (Lipinski definition) is 0. The number of rotatable bonds is 4. The van der Waals surface area contributed by atoms with Crippen molar-refractivity contribution in [2.75, 3.05) is 13.2 Å². The summed E-state index contributed by atoms with van der Waals surface area (Å²) in [5.41, 5.74) is 2.59. The normalized spacial score (nSPS) is 13.5. The molecule has 1 aromatic carbocycles. The van der Waals surface area contributed by atoms with Crippen LogP contribution in [0.1, 0.15) is 28.5 Å². The summed E-state index contributed by atoms with van der Waals surface area (Å²) < 4.78 is 12.8. The van der Waals surface area contributed by atoms with Gasteiger partial charge in [-0.05, 0) is 44.2 Å². The van der Waals surface area contributed by atoms with E-state index in [0.717, 1.165) is 17.8 Å². The van der Waals surface area contributed by atoms with Crippen LogP contribution in [0.25, 0.3) is 6.08 Å². The number of hydrogen-bond acceptors (Lipinski definition) is 4. The van der Waals surface area contributed by atoms with E-state index in [-0.39, 0.29) is 5.78 Å². The van der Waals surface area contributed by atoms with Crippen molar-refractivity contribution in [2.24, 2.45) is 0 Å². The second kappa shape index (κ2) is 6.05. The van der Waals surface area contributed by atoms with E-state index in [4.69, 9.17) is 9.47 Å². The molecule has 0 bridgehead atoms. The van der Waals surface area contributed by atoms with Gasteiger partial charge in [0.1, 0.15) is 13.2 Å². The van der Waals surface area contributed by atoms with Gasteiger partial charge in [-0.3, -0.25) is 9.48 Å². The third-order valence-corrected chi connectivity index (χ3v) is 3.68. The average molecular weight is 298 g/mol. The number of benzene rings is 1. The molecule has 5 heteroatoms. The van der Waals surface area contributed by atoms with Gasteiger partial charge in [0.15, 0.2) is 17.3 Å². The van der Waals surface area contributed by atoms with Gasteiger partial charge in [-0.25, -0.2) is 0 Å². The number of carbonyl (C=O) groups excluding carboxylic acids is 1. The minimum atomic E-state index is -0.0689. The van der Waals surface area contributed by atoms with E-state index >= 15 is 0 Å². The Morgan fingerprint density at radius 1 is 1.32 bits per heavy atom. The second-order valence-corrected chi connectivity index (χ2v) is 5.06. The molecule has 2 heterocycles. The molecule has 114 valence electrons. The van der Waals surface area contributed by atoms with E-state index in [1.807, 2.05) is 18.5 Å². The molecule has 0 amide bonds. The third kappa shape index (κ3) is 2.74. The van der Waals surface area contributed by atoms with Gasteiger partial charge in [0, 0.05) is 23.4 Å². The molecular formula is C17H18N2O3. The molecule has 0 N–H and O–H groups in total. The van der Waals surface area contributed by atoms with Gasteiger partial charge in [-0.1, -0.05) is 0 Å². The second-order valence-electron chi connectivity index (χ2n) is 5.06. The number of allylic oxidation sites excluding steroid dienone is 1. The number of aromatic nitrogens is 2. The minimum absolute atomic E-state index is 0.0689. The van der Waals surface area contributed by atoms with Crippen LogP contribution in [0.3, 0.4) is 0 Å². The first-order chi connectivity index (χ1) is 10.7. The lowest BCUT2D eigenvalue weighted by atomic mass is 10.1. The maximum atomic E-state index is 12.3. The first-order valence-electron chi connectivity index (χ1n) is 7.33. The Bertz CT molecular complexity index is 732. The standard InChI is InChI=1S/C17H18N2O3/c1-3-19-12(2)14(11-18-19)4-6-15(20)13-5-7-16-17(10-13)22-9-8-21-16/h4-7,10-11H,3,8-9H2,1-2H3. The Morgan fingerprint density at radius 3 is 2.82 bits per heavy atom. The highest BCUT2D eigenvalue weighted by molar-refractivity contribution is 6.07. The fraction of sp³-hybridized carbons (Fsp3) is 0.294. The van der Waals surface area contributed by atoms with Crippen LogP contribution < -0.4 is 9.47 Å². The molecule has 5 nitrogen and oxygen atoms in total. The van der Waals surface area contributed by atoms with Crippen molar-refractivity contribution in [1.29, 1.82) is 0 Å². The number of ketones is 1. The van der Waals surface area contributed by atoms with E-state index < -0.39 is 0 Å². The molecule has 0 fully saturated rings. The molecule has 3 rings (SSSR count). The topological polar surface area (TPSA) is 53.4 Å². The molecule has 0 unspecified atom stereocenters. The number of ether oxygens (including phenoxy) is 2. The highest BCUT2D eigenvalue weighted by atomic mass is 16.6. The van der Waals surface area contributed by atoms with Crippen molar-refractivity contribution in [1.82, 2.24) is 9.78 Å². The largest absolute Gasteiger partial charge is 0.486 e. The molecule has 0 spiro atoms. The smallest absolute Gasteiger partial charge is 0.185 e. The van der Waals surface area contributed by atoms with Crippen LogP contribution in [0, 0.1) is 6.92 Å². The van der Waals surface area contributed by atoms with Crippen molar-refractivity contribution in [2.45, 2.75) is 20.4 Å². The van der Waals surface area contributed by atoms with Gasteiger partial charge in [0.05, 0.1) is 6.20 Å². The van der Waals surface area contributed by atoms with E-state index in [1.54, 1.807) is 36.5 Å². The molecular weight excluding hydrogens is 280 g/mol. The van der Waals surface area contributed by atoms with Gasteiger partial charge in [0.25, 0.3) is 0 Å². The quantitative estimate of drug-likeness (QED) is 0.643. The monoisotopic (exact) mass is 298 g/mol. The number of fused-ring (bicyclic) bond motifs is 1. The molecule has 0 radical (unpaired) electrons. The van der Waals surface area contributed by atoms with Crippen LogP contribution >= 0.6 is 0 Å². The molecule has 0 atom stereocenters. The fourth-order valence-electron chi connectivity index (χ4n) is 2.40. The van der Waals surface area contributed by atoms with Crippen molar-refractivity contribution in [3.8, 4) is 11.5 Å². The molecule has 0 saturated heterocycles. The maximum Gasteiger partial charge on any atom is 0.185 e. The van der Waals surface area contributed by atoms with Gasteiger partial charge in [-0.2, -0.15) is 5.10 Å². The predicted octanol–water partition coefficient (Wildman–Crippen LogP) is 2.88. The number of aryl methyl sites for hydroxylation is 1. The zero-order valence-corrected chi connectivity index (χ0v) is 12.7. The van der Waals surface area contributed by atoms with Gasteiger partial charge in [-0.15, -0.1) is 0 Å². The van der Waals surface area contributed by atoms with E-state index in [2.05, 4.69) is 5.10 Å². The molecule has 2 aromatic rings. The summed E-state index contributed by atoms with van der Waals surface area (Å²) in [6.45, 7) is 5.89. The summed E-state index contributed by atoms with van der Waals surface area (Å²) in [4.78, 5) is 12.3. The zero-order chi connectivity index (χ0) is 15.5. The Morgan fingerprint density at radius 2 is 2.09 bits per heavy atom. The van der Waals surface area contributed by atoms with Crippen molar-refractivity contribution in [3.63, 3.8) is 0 Å². The van der Waals surface area contributed by atoms with Crippen molar-refractivity contribution in [3.05, 3.63) is 47.3 Å². The van der Waals surface area contributed by atoms with Crippen LogP contribution in [-0.2, 0) is 6.54 Å². The van der Waals surface area contributed by atoms with Crippen LogP contribution in [-0.4, -0.2) is 28.8 Å². The lowest BCUT2D eigenvalue weighted by molar-refractivity contribution is 0.104. The first-order valence-corrected chi connectivity index (χ1v) is 7.33. The number of nitrogens with zero attached hydrogens (tertiary/aromatic N) is 2. The molecule has 1 aliphatic heterocycles. The summed E-state index contributed by atoms with van der Waals surface area (Å²) in [5.74, 6) is 1.24. The van der Waals surface area contributed by atoms with Crippen LogP contribution in [0.2, 0.25) is 0 Å². The molecule has 0 aliphatic carbocycles. The summed E-state index contributed by atoms with van der Waals surface area (Å²) >= 11 is 0. The van der Waals surface area contributed by atoms with Gasteiger partial charge in [0.2, 0.25) is 0 Å². The van der Waals surface area contributed by atoms with E-state index in [9.17, 15) is 4.79 Å². The Kier molecular flexibility index (Phi) is 3.96. The van der Waals surface area contributed by atoms with Crippen LogP contribution in [0.15, 0.2) is 30.5 Å². The third-order valence-electron chi connectivity index (χ3n) is 3.68. The predicted molar refractivity (Wildman–Crippen MR) is 83.4 cm³/mol. The van der Waals surface area contributed by atoms with Gasteiger partial charge < -0.3 is 9.47 Å². The Balaban J connectivity index is 1.79. The average Bonchev–Trinajstić information content (AvgIpc) is 2.92. The van der Waals surface area contributed by atoms with Crippen molar-refractivity contribution >= 4 is 11.9 Å². The van der Waals surface area contributed by atoms with E-state index in [1.165, 1.54) is 0 Å². The summed E-state index contributed by atoms with van der Waals surface area (Å²) in [6.07, 6.45) is 5.13. The maximum absolute atomic E-state index is 12.3. The van der Waals surface area contributed by atoms with E-state index in [0.29, 0.717) is 30.3 Å². The van der Waals surface area contributed by atoms with Crippen LogP contribution in [0.4, 0.5) is 0 Å². The molecule has 1 aliphatic rings. The van der Waals surface area contributed by atoms with Crippen LogP contribution in [0.5, 0.6) is 11.5 Å². The fourth-order valence-corrected chi connectivity index (χ4v) is 2.40. The van der Waals surface area contributed by atoms with Gasteiger partial charge >= 0.3 is 0 Å². The Labute approximate surface area is 129 Å². The molecule has 22 heavy (non-hydrogen) atoms. The molecule has 0 saturated carbocycles. The lowest BCUT2D eigenvalue weighted by Gasteiger charge is -2.18. The first kappa shape index (κ1) is 14.4. The highest BCUT2D eigenvalue weighted by Crippen LogP contribution is 2.31. The minimum Gasteiger partial charge on any atom is -0.486 e. The zero-order valence-electron chi connectivity index (χ0n) is 12.7. The highest BCUT2D eigenvalue weighted by Gasteiger charge is 2.13. The molecule has 1 aromatic heterocycles. The Hall–Kier alpha value is -2.56. The summed E-state index contributed by atoms with van der Waals surface area (Å²) in [7, 11) is 0. The van der Waals surface area contributed by atoms with Crippen molar-refractivity contribution < 1.29 is 14.3 Å². The lowest BCUT2D eigenvalue weighted by Crippen LogP contribution is -2.15.